The first-order chi connectivity index (χ1) is 6.55. The molecule has 0 atom stereocenters. The highest BCUT2D eigenvalue weighted by Crippen LogP contribution is 2.32. The molecule has 1 aromatic rings. The predicted octanol–water partition coefficient (Wildman–Crippen LogP) is 1.82. The number of hydrogen-bond donors (Lipinski definition) is 0. The largest absolute Gasteiger partial charge is 0.219 e. The maximum absolute atomic E-state index is 11.7. The van der Waals surface area contributed by atoms with Crippen molar-refractivity contribution in [2.45, 2.75) is 11.8 Å². The van der Waals surface area contributed by atoms with E-state index in [0.717, 1.165) is 0 Å². The monoisotopic (exact) mass is 204 g/mol. The van der Waals surface area contributed by atoms with Crippen LogP contribution in [-0.4, -0.2) is 8.42 Å². The number of hydrogen-bond acceptors (Lipinski definition) is 2. The molecule has 0 radical (unpaired) electrons. The van der Waals surface area contributed by atoms with Gasteiger partial charge in [0.25, 0.3) is 0 Å². The van der Waals surface area contributed by atoms with Crippen molar-refractivity contribution in [3.8, 4) is 12.3 Å². The fourth-order valence-electron chi connectivity index (χ4n) is 1.47. The van der Waals surface area contributed by atoms with Crippen molar-refractivity contribution in [3.63, 3.8) is 0 Å². The number of terminal acetylenes is 1. The van der Waals surface area contributed by atoms with Crippen molar-refractivity contribution < 1.29 is 8.42 Å². The van der Waals surface area contributed by atoms with E-state index in [0.29, 0.717) is 20.9 Å². The Morgan fingerprint density at radius 2 is 2.07 bits per heavy atom. The van der Waals surface area contributed by atoms with Crippen LogP contribution >= 0.6 is 0 Å². The first kappa shape index (κ1) is 9.04. The van der Waals surface area contributed by atoms with Crippen LogP contribution in [-0.2, 0) is 9.84 Å². The van der Waals surface area contributed by atoms with Gasteiger partial charge >= 0.3 is 0 Å². The summed E-state index contributed by atoms with van der Waals surface area (Å²) < 4.78 is 23.3. The molecule has 0 N–H and O–H groups in total. The van der Waals surface area contributed by atoms with Crippen molar-refractivity contribution >= 4 is 15.9 Å². The number of rotatable bonds is 0. The Kier molecular flexibility index (Phi) is 1.76. The fourth-order valence-corrected chi connectivity index (χ4v) is 2.77. The third-order valence-corrected chi connectivity index (χ3v) is 4.17. The average molecular weight is 204 g/mol. The highest BCUT2D eigenvalue weighted by Gasteiger charge is 2.25. The van der Waals surface area contributed by atoms with Crippen LogP contribution in [0.2, 0.25) is 0 Å². The van der Waals surface area contributed by atoms with E-state index in [2.05, 4.69) is 5.92 Å². The third kappa shape index (κ3) is 1.08. The van der Waals surface area contributed by atoms with Crippen LogP contribution in [0.4, 0.5) is 0 Å². The van der Waals surface area contributed by atoms with Gasteiger partial charge in [0.05, 0.1) is 4.90 Å². The summed E-state index contributed by atoms with van der Waals surface area (Å²) in [6.45, 7) is 1.59. The van der Waals surface area contributed by atoms with Gasteiger partial charge in [-0.05, 0) is 36.8 Å². The Morgan fingerprint density at radius 1 is 1.36 bits per heavy atom. The summed E-state index contributed by atoms with van der Waals surface area (Å²) in [6, 6.07) is 4.92. The molecule has 0 saturated carbocycles. The first-order valence-electron chi connectivity index (χ1n) is 4.10. The van der Waals surface area contributed by atoms with E-state index in [9.17, 15) is 8.42 Å². The van der Waals surface area contributed by atoms with Crippen LogP contribution < -0.4 is 0 Å². The van der Waals surface area contributed by atoms with E-state index in [4.69, 9.17) is 6.42 Å². The molecule has 3 heteroatoms. The standard InChI is InChI=1S/C11H8O2S/c1-3-9-4-5-11-10(7-9)6-8(2)14(11,12)13/h1,4-7H,2H3. The lowest BCUT2D eigenvalue weighted by atomic mass is 10.1. The van der Waals surface area contributed by atoms with Crippen LogP contribution in [0, 0.1) is 12.3 Å². The zero-order chi connectivity index (χ0) is 10.3. The lowest BCUT2D eigenvalue weighted by Gasteiger charge is -1.99. The van der Waals surface area contributed by atoms with Crippen molar-refractivity contribution in [3.05, 3.63) is 34.2 Å². The SMILES string of the molecule is C#Cc1ccc2c(c1)C=C(C)S2(=O)=O. The Labute approximate surface area is 83.2 Å². The summed E-state index contributed by atoms with van der Waals surface area (Å²) in [7, 11) is -3.22. The second-order valence-electron chi connectivity index (χ2n) is 3.16. The quantitative estimate of drug-likeness (QED) is 0.604. The molecule has 0 aliphatic carbocycles. The number of benzene rings is 1. The lowest BCUT2D eigenvalue weighted by Crippen LogP contribution is -1.97. The normalized spacial score (nSPS) is 17.0. The van der Waals surface area contributed by atoms with E-state index < -0.39 is 9.84 Å². The minimum Gasteiger partial charge on any atom is -0.219 e. The number of sulfone groups is 1. The highest BCUT2D eigenvalue weighted by atomic mass is 32.2. The van der Waals surface area contributed by atoms with Crippen LogP contribution in [0.5, 0.6) is 0 Å². The van der Waals surface area contributed by atoms with Gasteiger partial charge in [-0.2, -0.15) is 0 Å². The van der Waals surface area contributed by atoms with Gasteiger partial charge in [0.1, 0.15) is 0 Å². The topological polar surface area (TPSA) is 34.1 Å². The smallest absolute Gasteiger partial charge is 0.203 e. The summed E-state index contributed by atoms with van der Waals surface area (Å²) in [5.41, 5.74) is 1.39. The molecule has 2 nitrogen and oxygen atoms in total. The van der Waals surface area contributed by atoms with Gasteiger partial charge in [-0.25, -0.2) is 8.42 Å². The molecule has 1 aliphatic rings. The van der Waals surface area contributed by atoms with Crippen molar-refractivity contribution in [1.29, 1.82) is 0 Å². The van der Waals surface area contributed by atoms with Crippen LogP contribution in [0.3, 0.4) is 0 Å². The van der Waals surface area contributed by atoms with Crippen molar-refractivity contribution in [2.24, 2.45) is 0 Å². The Bertz CT molecular complexity index is 572. The fraction of sp³-hybridized carbons (Fsp3) is 0.0909. The molecule has 14 heavy (non-hydrogen) atoms. The summed E-state index contributed by atoms with van der Waals surface area (Å²) in [5, 5.41) is 0. The van der Waals surface area contributed by atoms with Crippen LogP contribution in [0.15, 0.2) is 28.0 Å². The zero-order valence-corrected chi connectivity index (χ0v) is 8.43. The molecule has 1 aromatic carbocycles. The van der Waals surface area contributed by atoms with Crippen molar-refractivity contribution in [2.75, 3.05) is 0 Å². The van der Waals surface area contributed by atoms with Crippen LogP contribution in [0.1, 0.15) is 18.1 Å². The zero-order valence-electron chi connectivity index (χ0n) is 7.61. The maximum atomic E-state index is 11.7. The molecule has 0 spiro atoms. The second kappa shape index (κ2) is 2.73. The minimum absolute atomic E-state index is 0.356. The molecule has 0 saturated heterocycles. The Hall–Kier alpha value is -1.53. The van der Waals surface area contributed by atoms with E-state index in [1.165, 1.54) is 0 Å². The molecule has 0 amide bonds. The van der Waals surface area contributed by atoms with Gasteiger partial charge in [-0.15, -0.1) is 6.42 Å². The van der Waals surface area contributed by atoms with E-state index in [1.54, 1.807) is 31.2 Å². The maximum Gasteiger partial charge on any atom is 0.203 e. The Balaban J connectivity index is 2.76. The van der Waals surface area contributed by atoms with E-state index in [-0.39, 0.29) is 0 Å². The Morgan fingerprint density at radius 3 is 2.71 bits per heavy atom. The number of allylic oxidation sites excluding steroid dienone is 1. The molecule has 1 heterocycles. The first-order valence-corrected chi connectivity index (χ1v) is 5.58. The van der Waals surface area contributed by atoms with Gasteiger partial charge in [0.2, 0.25) is 9.84 Å². The average Bonchev–Trinajstić information content (AvgIpc) is 2.38. The molecule has 0 unspecified atom stereocenters. The lowest BCUT2D eigenvalue weighted by molar-refractivity contribution is 0.603. The van der Waals surface area contributed by atoms with Crippen LogP contribution in [0.25, 0.3) is 6.08 Å². The molecule has 0 aromatic heterocycles. The highest BCUT2D eigenvalue weighted by molar-refractivity contribution is 7.95. The molecule has 1 aliphatic heterocycles. The summed E-state index contributed by atoms with van der Waals surface area (Å²) >= 11 is 0. The van der Waals surface area contributed by atoms with Gasteiger partial charge < -0.3 is 0 Å². The molecule has 70 valence electrons. The molecule has 0 fully saturated rings. The third-order valence-electron chi connectivity index (χ3n) is 2.25. The summed E-state index contributed by atoms with van der Waals surface area (Å²) in [4.78, 5) is 0.732. The van der Waals surface area contributed by atoms with E-state index in [1.807, 2.05) is 0 Å². The van der Waals surface area contributed by atoms with Gasteiger partial charge in [-0.1, -0.05) is 5.92 Å². The summed E-state index contributed by atoms with van der Waals surface area (Å²) in [6.07, 6.45) is 6.87. The molecule has 2 rings (SSSR count). The predicted molar refractivity (Wildman–Crippen MR) is 55.2 cm³/mol. The molecule has 0 bridgehead atoms. The van der Waals surface area contributed by atoms with Gasteiger partial charge in [0, 0.05) is 10.5 Å². The molecular weight excluding hydrogens is 196 g/mol. The van der Waals surface area contributed by atoms with Gasteiger partial charge in [0.15, 0.2) is 0 Å². The number of fused-ring (bicyclic) bond motifs is 1. The van der Waals surface area contributed by atoms with E-state index >= 15 is 0 Å². The van der Waals surface area contributed by atoms with Gasteiger partial charge in [-0.3, -0.25) is 0 Å². The second-order valence-corrected chi connectivity index (χ2v) is 5.25. The molecular formula is C11H8O2S. The summed E-state index contributed by atoms with van der Waals surface area (Å²) in [5.74, 6) is 2.47. The minimum atomic E-state index is -3.22. The van der Waals surface area contributed by atoms with Crippen molar-refractivity contribution in [1.82, 2.24) is 0 Å².